The maximum Gasteiger partial charge on any atom is 0.278 e. The van der Waals surface area contributed by atoms with E-state index in [1.54, 1.807) is 0 Å². The zero-order valence-electron chi connectivity index (χ0n) is 9.67. The molecule has 1 fully saturated rings. The third-order valence-corrected chi connectivity index (χ3v) is 3.16. The summed E-state index contributed by atoms with van der Waals surface area (Å²) < 4.78 is 6.70. The molecule has 0 radical (unpaired) electrons. The van der Waals surface area contributed by atoms with Crippen molar-refractivity contribution in [2.24, 2.45) is 0 Å². The van der Waals surface area contributed by atoms with Crippen LogP contribution in [0.4, 0.5) is 0 Å². The molecule has 2 aromatic rings. The Morgan fingerprint density at radius 3 is 2.84 bits per heavy atom. The van der Waals surface area contributed by atoms with Crippen molar-refractivity contribution in [2.75, 3.05) is 6.61 Å². The quantitative estimate of drug-likeness (QED) is 0.456. The lowest BCUT2D eigenvalue weighted by atomic mass is 11.1. The van der Waals surface area contributed by atoms with Gasteiger partial charge in [-0.05, 0) is 0 Å². The molecule has 2 aromatic heterocycles. The summed E-state index contributed by atoms with van der Waals surface area (Å²) in [5.74, 6) is 0. The van der Waals surface area contributed by atoms with Crippen LogP contribution in [-0.4, -0.2) is 59.8 Å². The predicted octanol–water partition coefficient (Wildman–Crippen LogP) is -2.27. The highest BCUT2D eigenvalue weighted by atomic mass is 16.8. The Morgan fingerprint density at radius 1 is 1.37 bits per heavy atom. The van der Waals surface area contributed by atoms with Crippen molar-refractivity contribution in [1.29, 1.82) is 0 Å². The maximum absolute atomic E-state index is 11.5. The largest absolute Gasteiger partial charge is 0.394 e. The number of fused-ring (bicyclic) bond motifs is 1. The molecule has 1 aliphatic rings. The Balaban J connectivity index is 2.06. The van der Waals surface area contributed by atoms with Gasteiger partial charge in [-0.1, -0.05) is 0 Å². The Hall–Kier alpha value is -1.81. The van der Waals surface area contributed by atoms with Gasteiger partial charge in [0.2, 0.25) is 0 Å². The number of aliphatic hydroxyl groups excluding tert-OH is 3. The first kappa shape index (κ1) is 12.2. The number of rotatable bonds is 2. The molecule has 4 N–H and O–H groups in total. The lowest BCUT2D eigenvalue weighted by Crippen LogP contribution is -2.33. The first-order valence-electron chi connectivity index (χ1n) is 5.66. The molecular formula is C10H12N4O5. The number of imidazole rings is 1. The average Bonchev–Trinajstić information content (AvgIpc) is 2.94. The lowest BCUT2D eigenvalue weighted by Gasteiger charge is -2.16. The topological polar surface area (TPSA) is 133 Å². The van der Waals surface area contributed by atoms with Crippen molar-refractivity contribution in [1.82, 2.24) is 19.5 Å². The van der Waals surface area contributed by atoms with Gasteiger partial charge in [0.1, 0.15) is 18.3 Å². The number of aromatic amines is 1. The molecule has 9 nitrogen and oxygen atoms in total. The standard InChI is InChI=1S/C10H12N4O5/c15-1-4-6(16)7(17)10(19-4)14-3-13-5-8(14)11-2-12-9(5)18/h2-4,6-7,10,15-17H,1H2,(H,11,12,18)/t4-,6?,7+,10-/m1/s1/i1+1,2+1,3+1,4+1,5+1,6+1,7+1,8+1,9+1,10+1,11+1,12+1,13+1,14+1. The van der Waals surface area contributed by atoms with Crippen LogP contribution in [0, 0.1) is 0 Å². The average molecular weight is 282 g/mol. The van der Waals surface area contributed by atoms with Crippen molar-refractivity contribution < 1.29 is 20.1 Å². The summed E-state index contributed by atoms with van der Waals surface area (Å²) in [5.41, 5.74) is -0.0608. The number of ether oxygens (including phenoxy) is 1. The van der Waals surface area contributed by atoms with E-state index >= 15 is 0 Å². The Bertz CT molecular complexity index is 653. The van der Waals surface area contributed by atoms with E-state index < -0.39 is 36.7 Å². The highest BCUT2D eigenvalue weighted by Gasteiger charge is 2.43. The van der Waals surface area contributed by atoms with Gasteiger partial charge in [0, 0.05) is 0 Å². The Kier molecular flexibility index (Phi) is 2.82. The summed E-state index contributed by atoms with van der Waals surface area (Å²) in [4.78, 5) is 21.8. The van der Waals surface area contributed by atoms with Gasteiger partial charge in [-0.25, -0.2) is 9.97 Å². The van der Waals surface area contributed by atoms with Gasteiger partial charge in [0.15, 0.2) is 17.4 Å². The zero-order valence-corrected chi connectivity index (χ0v) is 9.67. The summed E-state index contributed by atoms with van der Waals surface area (Å²) in [6.45, 7) is -0.421. The minimum absolute atomic E-state index is 0.111. The molecule has 1 aliphatic heterocycles. The predicted molar refractivity (Wildman–Crippen MR) is 61.2 cm³/mol. The second-order valence-corrected chi connectivity index (χ2v) is 4.28. The van der Waals surface area contributed by atoms with Gasteiger partial charge in [-0.3, -0.25) is 9.36 Å². The molecule has 1 saturated heterocycles. The van der Waals surface area contributed by atoms with Crippen molar-refractivity contribution in [3.05, 3.63) is 23.0 Å². The van der Waals surface area contributed by atoms with Crippen LogP contribution < -0.4 is 5.56 Å². The van der Waals surface area contributed by atoms with Gasteiger partial charge in [-0.2, -0.15) is 0 Å². The number of nitrogens with zero attached hydrogens (tertiary/aromatic N) is 3. The van der Waals surface area contributed by atoms with E-state index in [9.17, 15) is 15.0 Å². The molecule has 9 heteroatoms. The van der Waals surface area contributed by atoms with Gasteiger partial charge in [0.05, 0.1) is 19.3 Å². The maximum atomic E-state index is 11.5. The number of H-pyrrole nitrogens is 1. The molecular weight excluding hydrogens is 270 g/mol. The molecule has 3 rings (SSSR count). The minimum Gasteiger partial charge on any atom is -0.394 e. The molecule has 19 heavy (non-hydrogen) atoms. The van der Waals surface area contributed by atoms with Crippen LogP contribution in [0.1, 0.15) is 6.23 Å². The fourth-order valence-corrected chi connectivity index (χ4v) is 2.16. The van der Waals surface area contributed by atoms with E-state index in [0.717, 1.165) is 0 Å². The van der Waals surface area contributed by atoms with Crippen LogP contribution in [0.5, 0.6) is 0 Å². The Morgan fingerprint density at radius 2 is 2.16 bits per heavy atom. The van der Waals surface area contributed by atoms with E-state index in [4.69, 9.17) is 9.84 Å². The highest BCUT2D eigenvalue weighted by Crippen LogP contribution is 2.30. The fourth-order valence-electron chi connectivity index (χ4n) is 2.16. The van der Waals surface area contributed by atoms with E-state index in [2.05, 4.69) is 15.0 Å². The summed E-state index contributed by atoms with van der Waals surface area (Å²) in [7, 11) is 0. The second kappa shape index (κ2) is 4.38. The smallest absolute Gasteiger partial charge is 0.278 e. The second-order valence-electron chi connectivity index (χ2n) is 4.28. The molecule has 0 amide bonds. The number of aromatic nitrogens is 4. The van der Waals surface area contributed by atoms with Gasteiger partial charge in [-0.15, -0.1) is 0 Å². The monoisotopic (exact) mass is 282 g/mol. The summed E-state index contributed by atoms with van der Waals surface area (Å²) in [5, 5.41) is 28.6. The normalized spacial score (nSPS) is 31.1. The van der Waals surface area contributed by atoms with Crippen LogP contribution in [0.2, 0.25) is 0 Å². The molecule has 1 unspecified atom stereocenters. The highest BCUT2D eigenvalue weighted by molar-refractivity contribution is 5.68. The molecule has 0 spiro atoms. The number of hydrogen-bond donors (Lipinski definition) is 4. The summed E-state index contributed by atoms with van der Waals surface area (Å²) in [6, 6.07) is 0. The van der Waals surface area contributed by atoms with Gasteiger partial charge >= 0.3 is 0 Å². The number of hydrogen-bond acceptors (Lipinski definition) is 7. The fraction of sp³-hybridized carbons (Fsp3) is 0.500. The molecule has 3 heterocycles. The first-order chi connectivity index (χ1) is 9.13. The first-order valence-corrected chi connectivity index (χ1v) is 5.66. The number of aliphatic hydroxyl groups is 3. The van der Waals surface area contributed by atoms with E-state index in [0.29, 0.717) is 0 Å². The summed E-state index contributed by atoms with van der Waals surface area (Å²) in [6.07, 6.45) is -1.78. The van der Waals surface area contributed by atoms with Gasteiger partial charge in [0.25, 0.3) is 5.56 Å². The van der Waals surface area contributed by atoms with E-state index in [1.807, 2.05) is 0 Å². The van der Waals surface area contributed by atoms with Crippen LogP contribution in [0.3, 0.4) is 0 Å². The van der Waals surface area contributed by atoms with E-state index in [-0.39, 0.29) is 11.2 Å². The lowest BCUT2D eigenvalue weighted by molar-refractivity contribution is -0.0511. The molecule has 0 aromatic carbocycles. The number of nitrogens with one attached hydrogen (secondary N) is 1. The van der Waals surface area contributed by atoms with Crippen LogP contribution in [-0.2, 0) is 4.74 Å². The van der Waals surface area contributed by atoms with Crippen molar-refractivity contribution in [2.45, 2.75) is 24.5 Å². The van der Waals surface area contributed by atoms with E-state index in [1.165, 1.54) is 17.2 Å². The van der Waals surface area contributed by atoms with Crippen LogP contribution in [0.15, 0.2) is 17.4 Å². The Labute approximate surface area is 106 Å². The zero-order chi connectivity index (χ0) is 13.6. The molecule has 0 bridgehead atoms. The third kappa shape index (κ3) is 1.75. The van der Waals surface area contributed by atoms with Crippen molar-refractivity contribution in [3.8, 4) is 0 Å². The van der Waals surface area contributed by atoms with Crippen LogP contribution >= 0.6 is 0 Å². The molecule has 0 saturated carbocycles. The third-order valence-electron chi connectivity index (χ3n) is 3.16. The van der Waals surface area contributed by atoms with Crippen LogP contribution in [0.25, 0.3) is 11.2 Å². The van der Waals surface area contributed by atoms with Gasteiger partial charge < -0.3 is 25.0 Å². The molecule has 102 valence electrons. The molecule has 0 aliphatic carbocycles. The minimum atomic E-state index is -1.24. The molecule has 4 atom stereocenters. The van der Waals surface area contributed by atoms with Crippen molar-refractivity contribution >= 4 is 11.2 Å². The SMILES string of the molecule is O=[13c]1[15nH][13cH][15n][13c]2[13c]1[15n][13cH][15n]2[13C@@H]1O[13C@H]([13CH2]O)[13CH](O)[13C@@H]1O. The summed E-state index contributed by atoms with van der Waals surface area (Å²) >= 11 is 0. The van der Waals surface area contributed by atoms with Crippen molar-refractivity contribution in [3.63, 3.8) is 0 Å².